The zero-order valence-corrected chi connectivity index (χ0v) is 8.77. The van der Waals surface area contributed by atoms with E-state index in [9.17, 15) is 0 Å². The van der Waals surface area contributed by atoms with Gasteiger partial charge in [0.1, 0.15) is 0 Å². The summed E-state index contributed by atoms with van der Waals surface area (Å²) >= 11 is 0. The molecule has 0 amide bonds. The summed E-state index contributed by atoms with van der Waals surface area (Å²) in [6.45, 7) is 6.25. The minimum atomic E-state index is -0.173. The SMILES string of the molecule is CCCCCCC(C)(N)C(C)N. The summed E-state index contributed by atoms with van der Waals surface area (Å²) in [6.07, 6.45) is 6.14. The molecule has 2 heteroatoms. The van der Waals surface area contributed by atoms with Crippen LogP contribution in [-0.2, 0) is 0 Å². The third-order valence-electron chi connectivity index (χ3n) is 2.61. The Balaban J connectivity index is 3.47. The smallest absolute Gasteiger partial charge is 0.0276 e. The number of rotatable bonds is 6. The van der Waals surface area contributed by atoms with Crippen LogP contribution in [0.25, 0.3) is 0 Å². The third-order valence-corrected chi connectivity index (χ3v) is 2.61. The van der Waals surface area contributed by atoms with Gasteiger partial charge in [0.05, 0.1) is 0 Å². The Bertz CT molecular complexity index is 108. The molecule has 0 fully saturated rings. The van der Waals surface area contributed by atoms with Crippen LogP contribution >= 0.6 is 0 Å². The van der Waals surface area contributed by atoms with Gasteiger partial charge in [-0.3, -0.25) is 0 Å². The lowest BCUT2D eigenvalue weighted by Crippen LogP contribution is -2.51. The summed E-state index contributed by atoms with van der Waals surface area (Å²) in [4.78, 5) is 0. The first-order chi connectivity index (χ1) is 5.50. The molecule has 12 heavy (non-hydrogen) atoms. The van der Waals surface area contributed by atoms with Crippen LogP contribution in [0.1, 0.15) is 52.9 Å². The fraction of sp³-hybridized carbons (Fsp3) is 1.00. The topological polar surface area (TPSA) is 52.0 Å². The van der Waals surface area contributed by atoms with Crippen LogP contribution in [0.3, 0.4) is 0 Å². The fourth-order valence-corrected chi connectivity index (χ4v) is 1.16. The molecule has 0 aliphatic rings. The van der Waals surface area contributed by atoms with E-state index in [1.165, 1.54) is 25.7 Å². The van der Waals surface area contributed by atoms with Crippen LogP contribution in [0.4, 0.5) is 0 Å². The lowest BCUT2D eigenvalue weighted by atomic mass is 9.89. The summed E-state index contributed by atoms with van der Waals surface area (Å²) in [7, 11) is 0. The van der Waals surface area contributed by atoms with Gasteiger partial charge in [-0.25, -0.2) is 0 Å². The van der Waals surface area contributed by atoms with Gasteiger partial charge in [-0.15, -0.1) is 0 Å². The first-order valence-corrected chi connectivity index (χ1v) is 5.05. The van der Waals surface area contributed by atoms with Gasteiger partial charge in [0.15, 0.2) is 0 Å². The molecule has 4 N–H and O–H groups in total. The molecule has 0 heterocycles. The van der Waals surface area contributed by atoms with Gasteiger partial charge in [0.2, 0.25) is 0 Å². The molecule has 0 radical (unpaired) electrons. The van der Waals surface area contributed by atoms with Crippen LogP contribution < -0.4 is 11.5 Å². The van der Waals surface area contributed by atoms with Crippen molar-refractivity contribution in [3.05, 3.63) is 0 Å². The van der Waals surface area contributed by atoms with Crippen molar-refractivity contribution in [2.24, 2.45) is 11.5 Å². The molecule has 0 saturated heterocycles. The fourth-order valence-electron chi connectivity index (χ4n) is 1.16. The Hall–Kier alpha value is -0.0800. The molecule has 0 aromatic rings. The summed E-state index contributed by atoms with van der Waals surface area (Å²) in [5.41, 5.74) is 11.6. The molecule has 2 unspecified atom stereocenters. The molecule has 0 rings (SSSR count). The average molecular weight is 172 g/mol. The van der Waals surface area contributed by atoms with Crippen molar-refractivity contribution < 1.29 is 0 Å². The molecule has 0 aromatic heterocycles. The van der Waals surface area contributed by atoms with E-state index >= 15 is 0 Å². The molecule has 0 aromatic carbocycles. The summed E-state index contributed by atoms with van der Waals surface area (Å²) < 4.78 is 0. The highest BCUT2D eigenvalue weighted by molar-refractivity contribution is 4.86. The Morgan fingerprint density at radius 3 is 2.25 bits per heavy atom. The maximum atomic E-state index is 6.02. The molecular formula is C10H24N2. The highest BCUT2D eigenvalue weighted by Gasteiger charge is 2.22. The molecule has 0 saturated carbocycles. The van der Waals surface area contributed by atoms with Crippen LogP contribution in [0.5, 0.6) is 0 Å². The van der Waals surface area contributed by atoms with Crippen molar-refractivity contribution >= 4 is 0 Å². The quantitative estimate of drug-likeness (QED) is 0.602. The van der Waals surface area contributed by atoms with Crippen molar-refractivity contribution in [2.45, 2.75) is 64.5 Å². The number of nitrogens with two attached hydrogens (primary N) is 2. The standard InChI is InChI=1S/C10H24N2/c1-4-5-6-7-8-10(3,12)9(2)11/h9H,4-8,11-12H2,1-3H3. The Morgan fingerprint density at radius 2 is 1.83 bits per heavy atom. The van der Waals surface area contributed by atoms with Gasteiger partial charge in [-0.2, -0.15) is 0 Å². The summed E-state index contributed by atoms with van der Waals surface area (Å²) in [6, 6.07) is 0.0964. The Morgan fingerprint density at radius 1 is 1.25 bits per heavy atom. The largest absolute Gasteiger partial charge is 0.326 e. The predicted molar refractivity (Wildman–Crippen MR) is 55.0 cm³/mol. The highest BCUT2D eigenvalue weighted by Crippen LogP contribution is 2.14. The molecule has 0 aliphatic carbocycles. The number of unbranched alkanes of at least 4 members (excludes halogenated alkanes) is 3. The average Bonchev–Trinajstić information content (AvgIpc) is 1.98. The van der Waals surface area contributed by atoms with E-state index < -0.39 is 0 Å². The molecule has 2 atom stereocenters. The van der Waals surface area contributed by atoms with E-state index in [1.807, 2.05) is 13.8 Å². The van der Waals surface area contributed by atoms with Crippen LogP contribution in [0, 0.1) is 0 Å². The van der Waals surface area contributed by atoms with Crippen molar-refractivity contribution in [3.8, 4) is 0 Å². The Kier molecular flexibility index (Phi) is 5.51. The van der Waals surface area contributed by atoms with Gasteiger partial charge in [-0.1, -0.05) is 32.6 Å². The zero-order valence-electron chi connectivity index (χ0n) is 8.77. The second-order valence-electron chi connectivity index (χ2n) is 4.11. The summed E-state index contributed by atoms with van der Waals surface area (Å²) in [5, 5.41) is 0. The van der Waals surface area contributed by atoms with E-state index in [0.29, 0.717) is 0 Å². The van der Waals surface area contributed by atoms with Crippen LogP contribution in [0.15, 0.2) is 0 Å². The van der Waals surface area contributed by atoms with E-state index in [4.69, 9.17) is 11.5 Å². The van der Waals surface area contributed by atoms with E-state index in [1.54, 1.807) is 0 Å². The van der Waals surface area contributed by atoms with Gasteiger partial charge < -0.3 is 11.5 Å². The molecule has 0 spiro atoms. The first-order valence-electron chi connectivity index (χ1n) is 5.05. The number of hydrogen-bond acceptors (Lipinski definition) is 2. The van der Waals surface area contributed by atoms with Crippen LogP contribution in [0.2, 0.25) is 0 Å². The monoisotopic (exact) mass is 172 g/mol. The first kappa shape index (κ1) is 11.9. The number of hydrogen-bond donors (Lipinski definition) is 2. The van der Waals surface area contributed by atoms with Crippen molar-refractivity contribution in [2.75, 3.05) is 0 Å². The minimum Gasteiger partial charge on any atom is -0.326 e. The minimum absolute atomic E-state index is 0.0964. The molecular weight excluding hydrogens is 148 g/mol. The molecule has 2 nitrogen and oxygen atoms in total. The van der Waals surface area contributed by atoms with E-state index in [-0.39, 0.29) is 11.6 Å². The van der Waals surface area contributed by atoms with Gasteiger partial charge in [-0.05, 0) is 20.3 Å². The maximum Gasteiger partial charge on any atom is 0.0276 e. The van der Waals surface area contributed by atoms with E-state index in [0.717, 1.165) is 6.42 Å². The third kappa shape index (κ3) is 4.73. The maximum absolute atomic E-state index is 6.02. The lowest BCUT2D eigenvalue weighted by Gasteiger charge is -2.28. The normalized spacial score (nSPS) is 18.8. The second-order valence-corrected chi connectivity index (χ2v) is 4.11. The van der Waals surface area contributed by atoms with Crippen molar-refractivity contribution in [1.82, 2.24) is 0 Å². The molecule has 74 valence electrons. The van der Waals surface area contributed by atoms with E-state index in [2.05, 4.69) is 6.92 Å². The van der Waals surface area contributed by atoms with Gasteiger partial charge >= 0.3 is 0 Å². The van der Waals surface area contributed by atoms with Crippen LogP contribution in [-0.4, -0.2) is 11.6 Å². The second kappa shape index (κ2) is 5.55. The van der Waals surface area contributed by atoms with Crippen molar-refractivity contribution in [1.29, 1.82) is 0 Å². The van der Waals surface area contributed by atoms with Gasteiger partial charge in [0.25, 0.3) is 0 Å². The molecule has 0 bridgehead atoms. The lowest BCUT2D eigenvalue weighted by molar-refractivity contribution is 0.352. The molecule has 0 aliphatic heterocycles. The van der Waals surface area contributed by atoms with Crippen molar-refractivity contribution in [3.63, 3.8) is 0 Å². The zero-order chi connectivity index (χ0) is 9.61. The highest BCUT2D eigenvalue weighted by atomic mass is 14.8. The Labute approximate surface area is 76.7 Å². The predicted octanol–water partition coefficient (Wildman–Crippen LogP) is 2.02. The van der Waals surface area contributed by atoms with Gasteiger partial charge in [0, 0.05) is 11.6 Å². The summed E-state index contributed by atoms with van der Waals surface area (Å²) in [5.74, 6) is 0.